The fourth-order valence-corrected chi connectivity index (χ4v) is 5.00. The smallest absolute Gasteiger partial charge is 0.433 e. The minimum atomic E-state index is -5.17. The average Bonchev–Trinajstić information content (AvgIpc) is 3.52. The number of carbonyl (C=O) groups is 2. The predicted molar refractivity (Wildman–Crippen MR) is 160 cm³/mol. The Morgan fingerprint density at radius 1 is 1.06 bits per heavy atom. The highest BCUT2D eigenvalue weighted by Gasteiger charge is 2.40. The lowest BCUT2D eigenvalue weighted by molar-refractivity contribution is -0.139. The number of aromatic nitrogens is 1. The third kappa shape index (κ3) is 8.60. The van der Waals surface area contributed by atoms with Crippen molar-refractivity contribution in [3.63, 3.8) is 0 Å². The van der Waals surface area contributed by atoms with Crippen molar-refractivity contribution in [3.05, 3.63) is 89.1 Å². The van der Waals surface area contributed by atoms with Crippen molar-refractivity contribution < 1.29 is 50.5 Å². The number of rotatable bonds is 10. The number of carboxylic acids is 1. The zero-order chi connectivity index (χ0) is 34.4. The van der Waals surface area contributed by atoms with E-state index in [0.717, 1.165) is 36.4 Å². The van der Waals surface area contributed by atoms with E-state index < -0.39 is 41.1 Å². The van der Waals surface area contributed by atoms with E-state index in [4.69, 9.17) is 14.6 Å². The van der Waals surface area contributed by atoms with Crippen LogP contribution in [-0.4, -0.2) is 59.1 Å². The molecule has 1 aromatic heterocycles. The molecule has 15 heteroatoms. The van der Waals surface area contributed by atoms with Crippen LogP contribution in [0.15, 0.2) is 77.5 Å². The molecule has 1 fully saturated rings. The van der Waals surface area contributed by atoms with Gasteiger partial charge >= 0.3 is 24.4 Å². The van der Waals surface area contributed by atoms with Gasteiger partial charge in [-0.05, 0) is 55.7 Å². The van der Waals surface area contributed by atoms with E-state index in [0.29, 0.717) is 18.7 Å². The van der Waals surface area contributed by atoms with Crippen molar-refractivity contribution in [2.45, 2.75) is 45.1 Å². The largest absolute Gasteiger partial charge is 0.488 e. The van der Waals surface area contributed by atoms with Crippen LogP contribution in [0.25, 0.3) is 11.3 Å². The second-order valence-corrected chi connectivity index (χ2v) is 10.3. The molecule has 250 valence electrons. The fraction of sp³-hybridized carbons (Fsp3) is 0.312. The first kappa shape index (κ1) is 34.8. The molecule has 1 amide bonds. The summed E-state index contributed by atoms with van der Waals surface area (Å²) in [4.78, 5) is 29.0. The van der Waals surface area contributed by atoms with E-state index in [1.807, 2.05) is 12.1 Å². The van der Waals surface area contributed by atoms with Crippen LogP contribution in [-0.2, 0) is 22.3 Å². The van der Waals surface area contributed by atoms with Gasteiger partial charge in [-0.2, -0.15) is 31.4 Å². The number of halogens is 6. The van der Waals surface area contributed by atoms with E-state index >= 15 is 0 Å². The van der Waals surface area contributed by atoms with Gasteiger partial charge in [0.1, 0.15) is 12.4 Å². The molecule has 0 spiro atoms. The maximum absolute atomic E-state index is 14.1. The number of ether oxygens (including phenoxy) is 2. The number of para-hydroxylation sites is 1. The summed E-state index contributed by atoms with van der Waals surface area (Å²) in [5, 5.41) is 12.9. The van der Waals surface area contributed by atoms with E-state index in [1.165, 1.54) is 25.1 Å². The number of nitrogens with zero attached hydrogens (tertiary/aromatic N) is 4. The number of amides is 1. The summed E-state index contributed by atoms with van der Waals surface area (Å²) in [6.45, 7) is 4.01. The van der Waals surface area contributed by atoms with E-state index in [2.05, 4.69) is 10.1 Å². The van der Waals surface area contributed by atoms with Gasteiger partial charge in [0, 0.05) is 30.8 Å². The van der Waals surface area contributed by atoms with Crippen LogP contribution in [0.1, 0.15) is 42.9 Å². The Balaban J connectivity index is 1.64. The maximum Gasteiger partial charge on any atom is 0.433 e. The Bertz CT molecular complexity index is 1640. The summed E-state index contributed by atoms with van der Waals surface area (Å²) >= 11 is 0. The highest BCUT2D eigenvalue weighted by molar-refractivity contribution is 5.82. The number of pyridine rings is 1. The minimum Gasteiger partial charge on any atom is -0.488 e. The quantitative estimate of drug-likeness (QED) is 0.103. The predicted octanol–water partition coefficient (Wildman–Crippen LogP) is 7.64. The van der Waals surface area contributed by atoms with Gasteiger partial charge in [-0.25, -0.2) is 19.6 Å². The van der Waals surface area contributed by atoms with Crippen LogP contribution >= 0.6 is 0 Å². The summed E-state index contributed by atoms with van der Waals surface area (Å²) in [5.74, 6) is -2.94. The normalized spacial score (nSPS) is 15.6. The minimum absolute atomic E-state index is 0.0603. The van der Waals surface area contributed by atoms with Crippen molar-refractivity contribution in [2.75, 3.05) is 24.7 Å². The lowest BCUT2D eigenvalue weighted by Crippen LogP contribution is -2.29. The Morgan fingerprint density at radius 2 is 1.77 bits per heavy atom. The topological polar surface area (TPSA) is 105 Å². The number of hydrogen-bond donors (Lipinski definition) is 1. The lowest BCUT2D eigenvalue weighted by atomic mass is 9.97. The van der Waals surface area contributed by atoms with E-state index in [9.17, 15) is 35.9 Å². The van der Waals surface area contributed by atoms with Crippen LogP contribution in [0.4, 0.5) is 37.0 Å². The van der Waals surface area contributed by atoms with Crippen molar-refractivity contribution in [3.8, 4) is 17.0 Å². The molecule has 3 aromatic rings. The van der Waals surface area contributed by atoms with Crippen LogP contribution in [0, 0.1) is 0 Å². The summed E-state index contributed by atoms with van der Waals surface area (Å²) < 4.78 is 94.7. The molecule has 0 aliphatic carbocycles. The molecule has 1 N–H and O–H groups in total. The summed E-state index contributed by atoms with van der Waals surface area (Å²) in [6, 6.07) is 13.9. The van der Waals surface area contributed by atoms with Crippen LogP contribution < -0.4 is 9.75 Å². The van der Waals surface area contributed by atoms with Crippen molar-refractivity contribution in [1.29, 1.82) is 0 Å². The number of carboxylic acid groups (broad SMARTS) is 1. The number of carbonyl (C=O) groups excluding carboxylic acids is 1. The standard InChI is InChI=1S/C32H30F6N4O5/c1-3-39-42(26(17-28(43)44)32(36,37)38)27-10-6-9-25(40-27)23-7-5-8-24(31(33,34)35)29(23)47-19-20-11-13-21(14-12-20)22-15-16-41(18-22)30(45)46-4-2/h3,5-14,17,22H,4,15-16,18-19H2,1-2H3,(H,43,44)/b26-17+,39-3-. The van der Waals surface area contributed by atoms with Crippen LogP contribution in [0.5, 0.6) is 5.75 Å². The summed E-state index contributed by atoms with van der Waals surface area (Å²) in [5.41, 5.74) is -1.68. The average molecular weight is 665 g/mol. The fourth-order valence-electron chi connectivity index (χ4n) is 5.00. The molecule has 0 bridgehead atoms. The number of anilines is 1. The SMILES string of the molecule is C/C=N\N(/C(=C/C(=O)O)C(F)(F)F)c1cccc(-c2cccc(C(F)(F)F)c2OCc2ccc(C3CCN(C(=O)OCC)C3)cc2)n1. The molecule has 1 aliphatic heterocycles. The van der Waals surface area contributed by atoms with Gasteiger partial charge in [-0.15, -0.1) is 0 Å². The first-order chi connectivity index (χ1) is 22.2. The third-order valence-corrected chi connectivity index (χ3v) is 7.11. The first-order valence-electron chi connectivity index (χ1n) is 14.3. The molecular formula is C32H30F6N4O5. The highest BCUT2D eigenvalue weighted by atomic mass is 19.4. The third-order valence-electron chi connectivity index (χ3n) is 7.11. The van der Waals surface area contributed by atoms with Gasteiger partial charge in [0.2, 0.25) is 0 Å². The number of hydrogen-bond acceptors (Lipinski definition) is 7. The zero-order valence-electron chi connectivity index (χ0n) is 25.2. The molecule has 1 atom stereocenters. The molecular weight excluding hydrogens is 634 g/mol. The van der Waals surface area contributed by atoms with Gasteiger partial charge < -0.3 is 19.5 Å². The number of hydrazone groups is 1. The number of allylic oxidation sites excluding steroid dienone is 1. The van der Waals surface area contributed by atoms with Crippen molar-refractivity contribution >= 4 is 24.1 Å². The Kier molecular flexibility index (Phi) is 10.8. The molecule has 4 rings (SSSR count). The molecule has 2 aromatic carbocycles. The molecule has 1 unspecified atom stereocenters. The molecule has 0 saturated carbocycles. The first-order valence-corrected chi connectivity index (χ1v) is 14.3. The van der Waals surface area contributed by atoms with Gasteiger partial charge in [0.15, 0.2) is 11.5 Å². The van der Waals surface area contributed by atoms with Crippen molar-refractivity contribution in [2.24, 2.45) is 5.10 Å². The number of alkyl halides is 6. The highest BCUT2D eigenvalue weighted by Crippen LogP contribution is 2.43. The summed E-state index contributed by atoms with van der Waals surface area (Å²) in [6.07, 6.45) is -8.80. The molecule has 47 heavy (non-hydrogen) atoms. The molecule has 1 saturated heterocycles. The van der Waals surface area contributed by atoms with Crippen LogP contribution in [0.2, 0.25) is 0 Å². The second-order valence-electron chi connectivity index (χ2n) is 10.3. The number of aliphatic carboxylic acids is 1. The monoisotopic (exact) mass is 664 g/mol. The van der Waals surface area contributed by atoms with E-state index in [1.54, 1.807) is 24.0 Å². The van der Waals surface area contributed by atoms with Gasteiger partial charge in [0.05, 0.1) is 23.9 Å². The molecule has 9 nitrogen and oxygen atoms in total. The van der Waals surface area contributed by atoms with Crippen molar-refractivity contribution in [1.82, 2.24) is 9.88 Å². The van der Waals surface area contributed by atoms with Gasteiger partial charge in [0.25, 0.3) is 0 Å². The number of benzene rings is 2. The Morgan fingerprint density at radius 3 is 2.38 bits per heavy atom. The van der Waals surface area contributed by atoms with E-state index in [-0.39, 0.29) is 47.6 Å². The zero-order valence-corrected chi connectivity index (χ0v) is 25.2. The lowest BCUT2D eigenvalue weighted by Gasteiger charge is -2.23. The molecule has 1 aliphatic rings. The van der Waals surface area contributed by atoms with Gasteiger partial charge in [-0.3, -0.25) is 0 Å². The second kappa shape index (κ2) is 14.6. The molecule has 0 radical (unpaired) electrons. The maximum atomic E-state index is 14.1. The number of likely N-dealkylation sites (tertiary alicyclic amines) is 1. The Labute approximate surface area is 265 Å². The molecule has 2 heterocycles. The van der Waals surface area contributed by atoms with Gasteiger partial charge in [-0.1, -0.05) is 36.4 Å². The Hall–Kier alpha value is -5.08. The summed E-state index contributed by atoms with van der Waals surface area (Å²) in [7, 11) is 0. The van der Waals surface area contributed by atoms with Crippen LogP contribution in [0.3, 0.4) is 0 Å².